The van der Waals surface area contributed by atoms with Crippen molar-refractivity contribution >= 4 is 21.4 Å². The van der Waals surface area contributed by atoms with Crippen LogP contribution < -0.4 is 15.4 Å². The fourth-order valence-electron chi connectivity index (χ4n) is 2.99. The number of rotatable bonds is 3. The van der Waals surface area contributed by atoms with Gasteiger partial charge in [0.25, 0.3) is 0 Å². The summed E-state index contributed by atoms with van der Waals surface area (Å²) in [6, 6.07) is 4.18. The van der Waals surface area contributed by atoms with Crippen LogP contribution in [-0.2, 0) is 0 Å². The quantitative estimate of drug-likeness (QED) is 0.733. The molecule has 3 heterocycles. The molecule has 0 spiro atoms. The Kier molecular flexibility index (Phi) is 4.06. The number of fused-ring (bicyclic) bond motifs is 1. The first-order valence-corrected chi connectivity index (χ1v) is 8.75. The van der Waals surface area contributed by atoms with Gasteiger partial charge in [0.05, 0.1) is 25.1 Å². The summed E-state index contributed by atoms with van der Waals surface area (Å²) >= 11 is 1.44. The monoisotopic (exact) mass is 363 g/mol. The van der Waals surface area contributed by atoms with Crippen molar-refractivity contribution in [1.29, 1.82) is 0 Å². The molecule has 0 bridgehead atoms. The number of ether oxygens (including phenoxy) is 1. The van der Waals surface area contributed by atoms with E-state index in [1.807, 2.05) is 4.90 Å². The zero-order valence-electron chi connectivity index (χ0n) is 13.6. The molecule has 0 unspecified atom stereocenters. The van der Waals surface area contributed by atoms with Gasteiger partial charge in [-0.15, -0.1) is 5.10 Å². The highest BCUT2D eigenvalue weighted by Crippen LogP contribution is 2.34. The van der Waals surface area contributed by atoms with E-state index in [0.29, 0.717) is 24.3 Å². The van der Waals surface area contributed by atoms with Crippen molar-refractivity contribution in [2.24, 2.45) is 5.73 Å². The van der Waals surface area contributed by atoms with Crippen LogP contribution in [0.1, 0.15) is 6.42 Å². The number of aliphatic hydroxyl groups excluding tert-OH is 1. The minimum atomic E-state index is -0.568. The molecule has 7 nitrogen and oxygen atoms in total. The van der Waals surface area contributed by atoms with Crippen LogP contribution in [-0.4, -0.2) is 52.0 Å². The molecule has 2 atom stereocenters. The molecule has 3 N–H and O–H groups in total. The molecule has 0 radical (unpaired) electrons. The van der Waals surface area contributed by atoms with Crippen LogP contribution in [0.2, 0.25) is 0 Å². The summed E-state index contributed by atoms with van der Waals surface area (Å²) in [6.45, 7) is 1.19. The first-order valence-electron chi connectivity index (χ1n) is 7.94. The summed E-state index contributed by atoms with van der Waals surface area (Å²) in [5.41, 5.74) is 7.30. The van der Waals surface area contributed by atoms with Crippen LogP contribution in [0.4, 0.5) is 9.52 Å². The van der Waals surface area contributed by atoms with Gasteiger partial charge < -0.3 is 20.5 Å². The summed E-state index contributed by atoms with van der Waals surface area (Å²) in [5, 5.41) is 15.4. The third kappa shape index (κ3) is 2.84. The number of imidazole rings is 1. The van der Waals surface area contributed by atoms with Gasteiger partial charge in [0.2, 0.25) is 10.1 Å². The SMILES string of the molecule is COc1cc(F)ccc1-c1cnc2sc(N3CC[C@@H](N)[C@@H](O)C3)nn12. The van der Waals surface area contributed by atoms with Crippen LogP contribution in [0.3, 0.4) is 0 Å². The predicted octanol–water partition coefficient (Wildman–Crippen LogP) is 1.50. The minimum Gasteiger partial charge on any atom is -0.496 e. The largest absolute Gasteiger partial charge is 0.496 e. The highest BCUT2D eigenvalue weighted by atomic mass is 32.1. The summed E-state index contributed by atoms with van der Waals surface area (Å²) in [6.07, 6.45) is 1.84. The van der Waals surface area contributed by atoms with Crippen LogP contribution in [0.5, 0.6) is 5.75 Å². The van der Waals surface area contributed by atoms with Crippen molar-refractivity contribution in [3.8, 4) is 17.0 Å². The second-order valence-electron chi connectivity index (χ2n) is 6.03. The van der Waals surface area contributed by atoms with Gasteiger partial charge in [-0.3, -0.25) is 0 Å². The molecular formula is C16H18FN5O2S. The van der Waals surface area contributed by atoms with E-state index in [1.165, 1.54) is 30.6 Å². The number of methoxy groups -OCH3 is 1. The number of halogens is 1. The maximum absolute atomic E-state index is 13.4. The molecule has 1 aliphatic rings. The van der Waals surface area contributed by atoms with E-state index in [9.17, 15) is 9.50 Å². The van der Waals surface area contributed by atoms with Crippen molar-refractivity contribution < 1.29 is 14.2 Å². The van der Waals surface area contributed by atoms with Crippen molar-refractivity contribution in [2.45, 2.75) is 18.6 Å². The molecule has 3 aromatic rings. The van der Waals surface area contributed by atoms with Gasteiger partial charge in [-0.25, -0.2) is 13.9 Å². The van der Waals surface area contributed by atoms with E-state index in [0.717, 1.165) is 22.3 Å². The Bertz CT molecular complexity index is 911. The normalized spacial score (nSPS) is 21.0. The third-order valence-corrected chi connectivity index (χ3v) is 5.40. The lowest BCUT2D eigenvalue weighted by atomic mass is 10.0. The molecule has 0 saturated carbocycles. The molecule has 9 heteroatoms. The van der Waals surface area contributed by atoms with Gasteiger partial charge >= 0.3 is 0 Å². The molecule has 2 aromatic heterocycles. The standard InChI is InChI=1S/C16H18FN5O2S/c1-24-14-6-9(17)2-3-10(14)12-7-19-15-22(12)20-16(25-15)21-5-4-11(18)13(23)8-21/h2-3,6-7,11,13,23H,4-5,8,18H2,1H3/t11-,13+/m1/s1. The number of benzene rings is 1. The van der Waals surface area contributed by atoms with Crippen LogP contribution in [0.25, 0.3) is 16.2 Å². The fourth-order valence-corrected chi connectivity index (χ4v) is 3.91. The van der Waals surface area contributed by atoms with Gasteiger partial charge in [0.15, 0.2) is 0 Å². The first kappa shape index (κ1) is 16.2. The van der Waals surface area contributed by atoms with E-state index < -0.39 is 6.10 Å². The highest BCUT2D eigenvalue weighted by molar-refractivity contribution is 7.20. The van der Waals surface area contributed by atoms with Gasteiger partial charge in [-0.2, -0.15) is 0 Å². The van der Waals surface area contributed by atoms with Crippen LogP contribution in [0.15, 0.2) is 24.4 Å². The van der Waals surface area contributed by atoms with Gasteiger partial charge in [0.1, 0.15) is 11.6 Å². The zero-order chi connectivity index (χ0) is 17.6. The molecule has 1 fully saturated rings. The van der Waals surface area contributed by atoms with E-state index in [4.69, 9.17) is 10.5 Å². The van der Waals surface area contributed by atoms with Crippen molar-refractivity contribution in [3.63, 3.8) is 0 Å². The second kappa shape index (κ2) is 6.25. The zero-order valence-corrected chi connectivity index (χ0v) is 14.4. The van der Waals surface area contributed by atoms with Crippen molar-refractivity contribution in [1.82, 2.24) is 14.6 Å². The van der Waals surface area contributed by atoms with Gasteiger partial charge in [-0.05, 0) is 18.6 Å². The molecule has 0 amide bonds. The van der Waals surface area contributed by atoms with E-state index in [-0.39, 0.29) is 11.9 Å². The second-order valence-corrected chi connectivity index (χ2v) is 6.97. The lowest BCUT2D eigenvalue weighted by Gasteiger charge is -2.33. The third-order valence-electron chi connectivity index (χ3n) is 4.42. The summed E-state index contributed by atoms with van der Waals surface area (Å²) in [7, 11) is 1.50. The van der Waals surface area contributed by atoms with Gasteiger partial charge in [0, 0.05) is 30.8 Å². The summed E-state index contributed by atoms with van der Waals surface area (Å²) in [4.78, 5) is 7.13. The highest BCUT2D eigenvalue weighted by Gasteiger charge is 2.27. The number of anilines is 1. The Labute approximate surface area is 147 Å². The van der Waals surface area contributed by atoms with E-state index in [1.54, 1.807) is 16.8 Å². The van der Waals surface area contributed by atoms with E-state index >= 15 is 0 Å². The number of piperidine rings is 1. The number of hydrogen-bond acceptors (Lipinski definition) is 7. The molecule has 132 valence electrons. The lowest BCUT2D eigenvalue weighted by Crippen LogP contribution is -2.50. The molecule has 0 aliphatic carbocycles. The topological polar surface area (TPSA) is 88.9 Å². The average Bonchev–Trinajstić information content (AvgIpc) is 3.18. The van der Waals surface area contributed by atoms with Crippen molar-refractivity contribution in [2.75, 3.05) is 25.1 Å². The summed E-state index contributed by atoms with van der Waals surface area (Å²) in [5.74, 6) is 0.0645. The van der Waals surface area contributed by atoms with Crippen LogP contribution >= 0.6 is 11.3 Å². The number of nitrogens with two attached hydrogens (primary N) is 1. The Hall–Kier alpha value is -2.23. The molecular weight excluding hydrogens is 345 g/mol. The van der Waals surface area contributed by atoms with Crippen LogP contribution in [0, 0.1) is 5.82 Å². The number of aromatic nitrogens is 3. The molecule has 25 heavy (non-hydrogen) atoms. The molecule has 1 aromatic carbocycles. The number of hydrogen-bond donors (Lipinski definition) is 2. The minimum absolute atomic E-state index is 0.195. The Morgan fingerprint density at radius 2 is 2.28 bits per heavy atom. The predicted molar refractivity (Wildman–Crippen MR) is 93.6 cm³/mol. The Balaban J connectivity index is 1.72. The van der Waals surface area contributed by atoms with Crippen molar-refractivity contribution in [3.05, 3.63) is 30.2 Å². The van der Waals surface area contributed by atoms with E-state index in [2.05, 4.69) is 10.1 Å². The maximum atomic E-state index is 13.4. The first-order chi connectivity index (χ1) is 12.1. The average molecular weight is 363 g/mol. The maximum Gasteiger partial charge on any atom is 0.214 e. The fraction of sp³-hybridized carbons (Fsp3) is 0.375. The molecule has 1 saturated heterocycles. The number of nitrogens with zero attached hydrogens (tertiary/aromatic N) is 4. The Morgan fingerprint density at radius 3 is 3.04 bits per heavy atom. The molecule has 1 aliphatic heterocycles. The van der Waals surface area contributed by atoms with Gasteiger partial charge in [-0.1, -0.05) is 11.3 Å². The number of β-amino-alcohol motifs (C(OH)–C–C–N with tert-alkyl or cyclic N) is 1. The lowest BCUT2D eigenvalue weighted by molar-refractivity contribution is 0.132. The summed E-state index contributed by atoms with van der Waals surface area (Å²) < 4.78 is 20.5. The smallest absolute Gasteiger partial charge is 0.214 e. The Morgan fingerprint density at radius 1 is 1.44 bits per heavy atom. The molecule has 4 rings (SSSR count). The number of aliphatic hydroxyl groups is 1.